The van der Waals surface area contributed by atoms with Crippen molar-refractivity contribution in [2.24, 2.45) is 5.73 Å². The molecule has 0 bridgehead atoms. The predicted molar refractivity (Wildman–Crippen MR) is 83.6 cm³/mol. The Morgan fingerprint density at radius 1 is 1.25 bits per heavy atom. The van der Waals surface area contributed by atoms with Gasteiger partial charge < -0.3 is 15.8 Å². The fourth-order valence-electron chi connectivity index (χ4n) is 1.64. The minimum absolute atomic E-state index is 0.148. The summed E-state index contributed by atoms with van der Waals surface area (Å²) in [6.45, 7) is 0. The summed E-state index contributed by atoms with van der Waals surface area (Å²) in [5, 5.41) is 3.37. The van der Waals surface area contributed by atoms with E-state index in [1.807, 2.05) is 0 Å². The summed E-state index contributed by atoms with van der Waals surface area (Å²) in [5.74, 6) is 0.159. The Labute approximate surface area is 126 Å². The molecule has 20 heavy (non-hydrogen) atoms. The van der Waals surface area contributed by atoms with Gasteiger partial charge in [-0.15, -0.1) is 0 Å². The largest absolute Gasteiger partial charge is 0.497 e. The second-order valence-electron chi connectivity index (χ2n) is 4.03. The van der Waals surface area contributed by atoms with E-state index in [-0.39, 0.29) is 10.7 Å². The molecular weight excluding hydrogens is 299 g/mol. The highest BCUT2D eigenvalue weighted by Crippen LogP contribution is 2.30. The lowest BCUT2D eigenvalue weighted by molar-refractivity contribution is 0.415. The molecule has 0 spiro atoms. The number of hydrogen-bond acceptors (Lipinski definition) is 3. The van der Waals surface area contributed by atoms with Gasteiger partial charge in [0.1, 0.15) is 16.6 Å². The Morgan fingerprint density at radius 2 is 2.00 bits per heavy atom. The third-order valence-corrected chi connectivity index (χ3v) is 3.26. The summed E-state index contributed by atoms with van der Waals surface area (Å²) in [4.78, 5) is 0.148. The number of hydrogen-bond donors (Lipinski definition) is 2. The molecule has 0 radical (unpaired) electrons. The average Bonchev–Trinajstić information content (AvgIpc) is 2.43. The van der Waals surface area contributed by atoms with Gasteiger partial charge in [-0.2, -0.15) is 0 Å². The van der Waals surface area contributed by atoms with Crippen molar-refractivity contribution in [3.05, 3.63) is 52.8 Å². The highest BCUT2D eigenvalue weighted by atomic mass is 35.5. The molecule has 2 aromatic rings. The first-order valence-corrected chi connectivity index (χ1v) is 6.50. The van der Waals surface area contributed by atoms with Gasteiger partial charge >= 0.3 is 0 Å². The smallest absolute Gasteiger partial charge is 0.147 e. The highest BCUT2D eigenvalue weighted by molar-refractivity contribution is 7.80. The fourth-order valence-corrected chi connectivity index (χ4v) is 1.93. The molecule has 0 saturated heterocycles. The quantitative estimate of drug-likeness (QED) is 0.842. The van der Waals surface area contributed by atoms with Crippen LogP contribution in [-0.2, 0) is 0 Å². The van der Waals surface area contributed by atoms with E-state index in [2.05, 4.69) is 5.32 Å². The molecule has 0 aliphatic carbocycles. The zero-order valence-corrected chi connectivity index (χ0v) is 12.2. The second-order valence-corrected chi connectivity index (χ2v) is 4.88. The van der Waals surface area contributed by atoms with Crippen molar-refractivity contribution in [1.29, 1.82) is 0 Å². The summed E-state index contributed by atoms with van der Waals surface area (Å²) < 4.78 is 19.1. The van der Waals surface area contributed by atoms with Gasteiger partial charge in [-0.05, 0) is 30.3 Å². The molecule has 2 aromatic carbocycles. The summed E-state index contributed by atoms with van der Waals surface area (Å²) in [5.41, 5.74) is 6.75. The van der Waals surface area contributed by atoms with Crippen LogP contribution >= 0.6 is 23.8 Å². The zero-order valence-electron chi connectivity index (χ0n) is 10.6. The minimum Gasteiger partial charge on any atom is -0.497 e. The van der Waals surface area contributed by atoms with Crippen LogP contribution in [0.5, 0.6) is 5.75 Å². The van der Waals surface area contributed by atoms with Crippen LogP contribution in [0.25, 0.3) is 0 Å². The van der Waals surface area contributed by atoms with Gasteiger partial charge in [-0.25, -0.2) is 4.39 Å². The summed E-state index contributed by atoms with van der Waals surface area (Å²) >= 11 is 10.9. The first-order chi connectivity index (χ1) is 9.51. The number of rotatable bonds is 4. The molecule has 0 amide bonds. The number of anilines is 2. The van der Waals surface area contributed by atoms with Crippen LogP contribution in [0.15, 0.2) is 36.4 Å². The van der Waals surface area contributed by atoms with E-state index in [0.29, 0.717) is 22.0 Å². The van der Waals surface area contributed by atoms with Crippen molar-refractivity contribution >= 4 is 40.2 Å². The van der Waals surface area contributed by atoms with Crippen molar-refractivity contribution in [1.82, 2.24) is 0 Å². The molecule has 0 aliphatic rings. The maximum atomic E-state index is 14.0. The Balaban J connectivity index is 2.32. The monoisotopic (exact) mass is 310 g/mol. The third-order valence-electron chi connectivity index (χ3n) is 2.70. The Bertz CT molecular complexity index is 664. The van der Waals surface area contributed by atoms with Crippen LogP contribution in [0.1, 0.15) is 5.56 Å². The lowest BCUT2D eigenvalue weighted by Crippen LogP contribution is -2.09. The molecule has 3 nitrogen and oxygen atoms in total. The van der Waals surface area contributed by atoms with Gasteiger partial charge in [-0.1, -0.05) is 23.8 Å². The lowest BCUT2D eigenvalue weighted by atomic mass is 10.2. The van der Waals surface area contributed by atoms with E-state index < -0.39 is 5.82 Å². The molecule has 3 N–H and O–H groups in total. The third kappa shape index (κ3) is 3.18. The number of ether oxygens (including phenoxy) is 1. The van der Waals surface area contributed by atoms with Gasteiger partial charge in [0.15, 0.2) is 0 Å². The number of halogens is 2. The van der Waals surface area contributed by atoms with Gasteiger partial charge in [0, 0.05) is 11.6 Å². The van der Waals surface area contributed by atoms with Crippen LogP contribution in [-0.4, -0.2) is 12.1 Å². The number of benzene rings is 2. The maximum Gasteiger partial charge on any atom is 0.147 e. The second kappa shape index (κ2) is 6.07. The standard InChI is InChI=1S/C14H12ClFN2OS/c1-19-9-3-4-10(15)13(7-9)18-12-5-2-8(14(17)20)6-11(12)16/h2-7,18H,1H3,(H2,17,20). The Hall–Kier alpha value is -1.85. The van der Waals surface area contributed by atoms with Crippen LogP contribution in [0.4, 0.5) is 15.8 Å². The van der Waals surface area contributed by atoms with Crippen molar-refractivity contribution in [2.75, 3.05) is 12.4 Å². The van der Waals surface area contributed by atoms with E-state index in [1.165, 1.54) is 6.07 Å². The fraction of sp³-hybridized carbons (Fsp3) is 0.0714. The average molecular weight is 311 g/mol. The minimum atomic E-state index is -0.464. The SMILES string of the molecule is COc1ccc(Cl)c(Nc2ccc(C(N)=S)cc2F)c1. The maximum absolute atomic E-state index is 14.0. The molecule has 0 fully saturated rings. The molecule has 0 atom stereocenters. The summed E-state index contributed by atoms with van der Waals surface area (Å²) in [6.07, 6.45) is 0. The molecule has 0 aromatic heterocycles. The van der Waals surface area contributed by atoms with Crippen LogP contribution in [0, 0.1) is 5.82 Å². The molecule has 0 aliphatic heterocycles. The molecule has 104 valence electrons. The predicted octanol–water partition coefficient (Wildman–Crippen LogP) is 3.87. The Morgan fingerprint density at radius 3 is 2.60 bits per heavy atom. The number of nitrogens with two attached hydrogens (primary N) is 1. The van der Waals surface area contributed by atoms with Crippen molar-refractivity contribution in [2.45, 2.75) is 0 Å². The molecule has 0 heterocycles. The zero-order chi connectivity index (χ0) is 14.7. The summed E-state index contributed by atoms with van der Waals surface area (Å²) in [7, 11) is 1.55. The topological polar surface area (TPSA) is 47.3 Å². The van der Waals surface area contributed by atoms with Crippen LogP contribution < -0.4 is 15.8 Å². The number of thiocarbonyl (C=S) groups is 1. The summed E-state index contributed by atoms with van der Waals surface area (Å²) in [6, 6.07) is 9.55. The van der Waals surface area contributed by atoms with Gasteiger partial charge in [0.25, 0.3) is 0 Å². The van der Waals surface area contributed by atoms with Gasteiger partial charge in [-0.3, -0.25) is 0 Å². The van der Waals surface area contributed by atoms with Crippen molar-refractivity contribution in [3.8, 4) is 5.75 Å². The number of nitrogens with one attached hydrogen (secondary N) is 1. The van der Waals surface area contributed by atoms with Gasteiger partial charge in [0.2, 0.25) is 0 Å². The van der Waals surface area contributed by atoms with E-state index in [0.717, 1.165) is 0 Å². The first kappa shape index (κ1) is 14.6. The molecule has 0 unspecified atom stereocenters. The molecule has 0 saturated carbocycles. The van der Waals surface area contributed by atoms with E-state index >= 15 is 0 Å². The van der Waals surface area contributed by atoms with E-state index in [4.69, 9.17) is 34.3 Å². The molecule has 2 rings (SSSR count). The molecular formula is C14H12ClFN2OS. The van der Waals surface area contributed by atoms with Crippen LogP contribution in [0.3, 0.4) is 0 Å². The Kier molecular flexibility index (Phi) is 4.42. The van der Waals surface area contributed by atoms with Crippen molar-refractivity contribution < 1.29 is 9.13 Å². The highest BCUT2D eigenvalue weighted by Gasteiger charge is 2.08. The van der Waals surface area contributed by atoms with Gasteiger partial charge in [0.05, 0.1) is 23.5 Å². The first-order valence-electron chi connectivity index (χ1n) is 5.71. The number of methoxy groups -OCH3 is 1. The van der Waals surface area contributed by atoms with E-state index in [1.54, 1.807) is 37.4 Å². The van der Waals surface area contributed by atoms with Crippen LogP contribution in [0.2, 0.25) is 5.02 Å². The van der Waals surface area contributed by atoms with Crippen molar-refractivity contribution in [3.63, 3.8) is 0 Å². The molecule has 6 heteroatoms. The normalized spacial score (nSPS) is 10.2. The lowest BCUT2D eigenvalue weighted by Gasteiger charge is -2.11. The van der Waals surface area contributed by atoms with E-state index in [9.17, 15) is 4.39 Å².